The standard InChI is InChI=1S/C19H20N2O6/c1-2-7-26-9-10-27-8-6-20-18(22)15-5-3-4-13-11-14(21(24)25)12-16(17(13)15)19(20)23/h3-5,11-12H,2,6-10H2,1H3. The summed E-state index contributed by atoms with van der Waals surface area (Å²) in [4.78, 5) is 37.2. The maximum absolute atomic E-state index is 12.8. The summed E-state index contributed by atoms with van der Waals surface area (Å²) in [6.07, 6.45) is 0.924. The Kier molecular flexibility index (Phi) is 5.78. The van der Waals surface area contributed by atoms with Gasteiger partial charge in [0.15, 0.2) is 0 Å². The predicted molar refractivity (Wildman–Crippen MR) is 97.9 cm³/mol. The number of carbonyl (C=O) groups is 2. The van der Waals surface area contributed by atoms with Crippen molar-refractivity contribution in [3.05, 3.63) is 51.6 Å². The first-order chi connectivity index (χ1) is 13.0. The molecule has 8 heteroatoms. The van der Waals surface area contributed by atoms with E-state index in [0.717, 1.165) is 11.3 Å². The van der Waals surface area contributed by atoms with Gasteiger partial charge in [0.05, 0.1) is 36.9 Å². The highest BCUT2D eigenvalue weighted by molar-refractivity contribution is 6.25. The Hall–Kier alpha value is -2.84. The van der Waals surface area contributed by atoms with Gasteiger partial charge in [-0.2, -0.15) is 0 Å². The van der Waals surface area contributed by atoms with Crippen LogP contribution in [0.1, 0.15) is 34.1 Å². The van der Waals surface area contributed by atoms with Gasteiger partial charge >= 0.3 is 0 Å². The molecule has 2 amide bonds. The lowest BCUT2D eigenvalue weighted by atomic mass is 9.93. The van der Waals surface area contributed by atoms with Crippen LogP contribution < -0.4 is 0 Å². The SMILES string of the molecule is CCCOCCOCCN1C(=O)c2cccc3cc([N+](=O)[O-])cc(c23)C1=O. The van der Waals surface area contributed by atoms with Crippen LogP contribution in [-0.4, -0.2) is 54.6 Å². The number of rotatable bonds is 9. The highest BCUT2D eigenvalue weighted by Crippen LogP contribution is 2.33. The molecule has 1 heterocycles. The normalized spacial score (nSPS) is 13.4. The number of nitrogens with zero attached hydrogens (tertiary/aromatic N) is 2. The molecule has 1 aliphatic heterocycles. The molecule has 0 fully saturated rings. The third-order valence-corrected chi connectivity index (χ3v) is 4.30. The molecule has 0 unspecified atom stereocenters. The Balaban J connectivity index is 1.78. The summed E-state index contributed by atoms with van der Waals surface area (Å²) in [6.45, 7) is 3.73. The molecule has 0 atom stereocenters. The number of imide groups is 1. The van der Waals surface area contributed by atoms with Crippen LogP contribution in [-0.2, 0) is 9.47 Å². The van der Waals surface area contributed by atoms with Gasteiger partial charge in [0.25, 0.3) is 17.5 Å². The lowest BCUT2D eigenvalue weighted by Gasteiger charge is -2.27. The molecule has 3 rings (SSSR count). The molecule has 0 radical (unpaired) electrons. The average molecular weight is 372 g/mol. The zero-order valence-corrected chi connectivity index (χ0v) is 15.0. The van der Waals surface area contributed by atoms with Crippen LogP contribution in [0.5, 0.6) is 0 Å². The van der Waals surface area contributed by atoms with E-state index in [1.807, 2.05) is 6.92 Å². The lowest BCUT2D eigenvalue weighted by molar-refractivity contribution is -0.384. The Morgan fingerprint density at radius 1 is 1.00 bits per heavy atom. The molecule has 27 heavy (non-hydrogen) atoms. The van der Waals surface area contributed by atoms with Crippen molar-refractivity contribution in [2.45, 2.75) is 13.3 Å². The van der Waals surface area contributed by atoms with Crippen LogP contribution in [0.2, 0.25) is 0 Å². The minimum absolute atomic E-state index is 0.0734. The Morgan fingerprint density at radius 2 is 1.70 bits per heavy atom. The highest BCUT2D eigenvalue weighted by atomic mass is 16.6. The Labute approximate surface area is 155 Å². The quantitative estimate of drug-likeness (QED) is 0.290. The second-order valence-electron chi connectivity index (χ2n) is 6.14. The van der Waals surface area contributed by atoms with Crippen molar-refractivity contribution in [1.82, 2.24) is 4.90 Å². The van der Waals surface area contributed by atoms with E-state index in [2.05, 4.69) is 0 Å². The summed E-state index contributed by atoms with van der Waals surface area (Å²) in [6, 6.07) is 7.54. The Morgan fingerprint density at radius 3 is 2.41 bits per heavy atom. The Bertz CT molecular complexity index is 895. The summed E-state index contributed by atoms with van der Waals surface area (Å²) in [7, 11) is 0. The fourth-order valence-electron chi connectivity index (χ4n) is 3.07. The molecule has 8 nitrogen and oxygen atoms in total. The maximum Gasteiger partial charge on any atom is 0.270 e. The van der Waals surface area contributed by atoms with Crippen molar-refractivity contribution in [3.63, 3.8) is 0 Å². The first-order valence-corrected chi connectivity index (χ1v) is 8.77. The number of ether oxygens (including phenoxy) is 2. The van der Waals surface area contributed by atoms with Gasteiger partial charge in [-0.15, -0.1) is 0 Å². The fraction of sp³-hybridized carbons (Fsp3) is 0.368. The van der Waals surface area contributed by atoms with Crippen molar-refractivity contribution < 1.29 is 24.0 Å². The third-order valence-electron chi connectivity index (χ3n) is 4.30. The number of non-ortho nitro benzene ring substituents is 1. The molecule has 1 aliphatic rings. The maximum atomic E-state index is 12.8. The zero-order valence-electron chi connectivity index (χ0n) is 15.0. The van der Waals surface area contributed by atoms with Crippen LogP contribution in [0.15, 0.2) is 30.3 Å². The van der Waals surface area contributed by atoms with Crippen molar-refractivity contribution in [1.29, 1.82) is 0 Å². The van der Waals surface area contributed by atoms with Crippen molar-refractivity contribution in [2.24, 2.45) is 0 Å². The zero-order chi connectivity index (χ0) is 19.4. The van der Waals surface area contributed by atoms with E-state index in [9.17, 15) is 19.7 Å². The van der Waals surface area contributed by atoms with E-state index < -0.39 is 16.7 Å². The van der Waals surface area contributed by atoms with Crippen molar-refractivity contribution in [3.8, 4) is 0 Å². The summed E-state index contributed by atoms with van der Waals surface area (Å²) in [5, 5.41) is 12.1. The second kappa shape index (κ2) is 8.24. The summed E-state index contributed by atoms with van der Waals surface area (Å²) in [5.74, 6) is -0.962. The van der Waals surface area contributed by atoms with Crippen LogP contribution in [0.3, 0.4) is 0 Å². The third kappa shape index (κ3) is 3.81. The number of nitro groups is 1. The van der Waals surface area contributed by atoms with Crippen LogP contribution in [0.25, 0.3) is 10.8 Å². The second-order valence-corrected chi connectivity index (χ2v) is 6.14. The molecule has 0 spiro atoms. The molecular formula is C19H20N2O6. The van der Waals surface area contributed by atoms with Gasteiger partial charge in [0.2, 0.25) is 0 Å². The molecule has 2 aromatic carbocycles. The number of nitro benzene ring substituents is 1. The van der Waals surface area contributed by atoms with E-state index in [0.29, 0.717) is 36.2 Å². The summed E-state index contributed by atoms with van der Waals surface area (Å²) >= 11 is 0. The van der Waals surface area contributed by atoms with Crippen LogP contribution >= 0.6 is 0 Å². The van der Waals surface area contributed by atoms with Crippen molar-refractivity contribution in [2.75, 3.05) is 33.0 Å². The van der Waals surface area contributed by atoms with Crippen LogP contribution in [0, 0.1) is 10.1 Å². The van der Waals surface area contributed by atoms with Gasteiger partial charge in [-0.1, -0.05) is 19.1 Å². The summed E-state index contributed by atoms with van der Waals surface area (Å²) < 4.78 is 10.7. The molecule has 0 saturated heterocycles. The molecule has 0 N–H and O–H groups in total. The molecule has 142 valence electrons. The number of hydrogen-bond donors (Lipinski definition) is 0. The van der Waals surface area contributed by atoms with Gasteiger partial charge < -0.3 is 9.47 Å². The first-order valence-electron chi connectivity index (χ1n) is 8.77. The van der Waals surface area contributed by atoms with E-state index in [-0.39, 0.29) is 24.4 Å². The molecule has 0 bridgehead atoms. The topological polar surface area (TPSA) is 99.0 Å². The van der Waals surface area contributed by atoms with Gasteiger partial charge in [-0.05, 0) is 17.9 Å². The minimum atomic E-state index is -0.546. The first kappa shape index (κ1) is 18.9. The van der Waals surface area contributed by atoms with E-state index in [4.69, 9.17) is 9.47 Å². The smallest absolute Gasteiger partial charge is 0.270 e. The van der Waals surface area contributed by atoms with Crippen LogP contribution in [0.4, 0.5) is 5.69 Å². The number of carbonyl (C=O) groups excluding carboxylic acids is 2. The predicted octanol–water partition coefficient (Wildman–Crippen LogP) is 2.79. The monoisotopic (exact) mass is 372 g/mol. The number of benzene rings is 2. The lowest BCUT2D eigenvalue weighted by Crippen LogP contribution is -2.42. The van der Waals surface area contributed by atoms with Gasteiger partial charge in [-0.3, -0.25) is 24.6 Å². The largest absolute Gasteiger partial charge is 0.379 e. The number of hydrogen-bond acceptors (Lipinski definition) is 6. The highest BCUT2D eigenvalue weighted by Gasteiger charge is 2.33. The van der Waals surface area contributed by atoms with Gasteiger partial charge in [0.1, 0.15) is 0 Å². The number of amides is 2. The molecule has 0 saturated carbocycles. The average Bonchev–Trinajstić information content (AvgIpc) is 2.67. The van der Waals surface area contributed by atoms with Crippen molar-refractivity contribution >= 4 is 28.3 Å². The molecule has 0 aliphatic carbocycles. The molecule has 2 aromatic rings. The van der Waals surface area contributed by atoms with E-state index in [1.165, 1.54) is 12.1 Å². The molecule has 0 aromatic heterocycles. The fourth-order valence-corrected chi connectivity index (χ4v) is 3.07. The van der Waals surface area contributed by atoms with Gasteiger partial charge in [-0.25, -0.2) is 0 Å². The van der Waals surface area contributed by atoms with E-state index >= 15 is 0 Å². The van der Waals surface area contributed by atoms with E-state index in [1.54, 1.807) is 18.2 Å². The molecular weight excluding hydrogens is 352 g/mol. The summed E-state index contributed by atoms with van der Waals surface area (Å²) in [5.41, 5.74) is 0.352. The van der Waals surface area contributed by atoms with Gasteiger partial charge in [0, 0.05) is 29.7 Å². The minimum Gasteiger partial charge on any atom is -0.379 e.